The molecule has 0 aromatic heterocycles. The molecule has 1 amide bonds. The molecule has 0 aromatic carbocycles. The summed E-state index contributed by atoms with van der Waals surface area (Å²) in [5, 5.41) is 23.9. The van der Waals surface area contributed by atoms with E-state index in [1.54, 1.807) is 0 Å². The van der Waals surface area contributed by atoms with E-state index in [2.05, 4.69) is 38.2 Å². The monoisotopic (exact) mass is 946 g/mol. The van der Waals surface area contributed by atoms with Gasteiger partial charge in [0.25, 0.3) is 0 Å². The van der Waals surface area contributed by atoms with Crippen molar-refractivity contribution in [1.29, 1.82) is 0 Å². The SMILES string of the molecule is CCCCCCCC/C=C/CCCCCCCCCC(=O)OC(CCCCCCCCCCCCCCCCCCC)CC(=O)NC(CO)C(O)CCCCCCCCCCCCCCCC. The predicted octanol–water partition coefficient (Wildman–Crippen LogP) is 18.9. The van der Waals surface area contributed by atoms with E-state index in [1.807, 2.05) is 0 Å². The molecule has 0 fully saturated rings. The first-order valence-electron chi connectivity index (χ1n) is 30.4. The molecule has 67 heavy (non-hydrogen) atoms. The summed E-state index contributed by atoms with van der Waals surface area (Å²) >= 11 is 0. The molecule has 0 heterocycles. The van der Waals surface area contributed by atoms with Gasteiger partial charge < -0.3 is 20.3 Å². The summed E-state index contributed by atoms with van der Waals surface area (Å²) in [4.78, 5) is 26.3. The molecular formula is C61H119NO5. The number of rotatable bonds is 56. The summed E-state index contributed by atoms with van der Waals surface area (Å²) in [5.41, 5.74) is 0. The highest BCUT2D eigenvalue weighted by molar-refractivity contribution is 5.77. The van der Waals surface area contributed by atoms with Crippen molar-refractivity contribution in [1.82, 2.24) is 5.32 Å². The van der Waals surface area contributed by atoms with Gasteiger partial charge in [-0.3, -0.25) is 9.59 Å². The van der Waals surface area contributed by atoms with Crippen LogP contribution in [-0.4, -0.2) is 46.9 Å². The molecule has 3 unspecified atom stereocenters. The Morgan fingerprint density at radius 2 is 0.716 bits per heavy atom. The van der Waals surface area contributed by atoms with Gasteiger partial charge in [-0.25, -0.2) is 0 Å². The van der Waals surface area contributed by atoms with Crippen LogP contribution in [0.25, 0.3) is 0 Å². The van der Waals surface area contributed by atoms with Crippen LogP contribution in [0.5, 0.6) is 0 Å². The number of unbranched alkanes of at least 4 members (excludes halogenated alkanes) is 42. The van der Waals surface area contributed by atoms with Crippen molar-refractivity contribution in [2.24, 2.45) is 0 Å². The van der Waals surface area contributed by atoms with E-state index in [1.165, 1.54) is 250 Å². The Morgan fingerprint density at radius 3 is 1.06 bits per heavy atom. The topological polar surface area (TPSA) is 95.9 Å². The van der Waals surface area contributed by atoms with Crippen LogP contribution in [0.1, 0.15) is 342 Å². The second-order valence-corrected chi connectivity index (χ2v) is 21.1. The number of carbonyl (C=O) groups is 2. The lowest BCUT2D eigenvalue weighted by molar-refractivity contribution is -0.151. The van der Waals surface area contributed by atoms with Crippen LogP contribution in [-0.2, 0) is 14.3 Å². The van der Waals surface area contributed by atoms with E-state index >= 15 is 0 Å². The number of ether oxygens (including phenoxy) is 1. The van der Waals surface area contributed by atoms with Crippen LogP contribution in [0, 0.1) is 0 Å². The molecule has 0 saturated heterocycles. The zero-order valence-electron chi connectivity index (χ0n) is 45.6. The van der Waals surface area contributed by atoms with E-state index in [-0.39, 0.29) is 24.9 Å². The average molecular weight is 947 g/mol. The molecule has 0 radical (unpaired) electrons. The van der Waals surface area contributed by atoms with E-state index in [4.69, 9.17) is 4.74 Å². The number of nitrogens with one attached hydrogen (secondary N) is 1. The molecule has 0 aliphatic carbocycles. The number of aliphatic hydroxyl groups is 2. The van der Waals surface area contributed by atoms with Gasteiger partial charge in [0.2, 0.25) is 5.91 Å². The van der Waals surface area contributed by atoms with Gasteiger partial charge in [-0.2, -0.15) is 0 Å². The molecule has 0 bridgehead atoms. The molecule has 3 atom stereocenters. The minimum atomic E-state index is -0.783. The Morgan fingerprint density at radius 1 is 0.418 bits per heavy atom. The number of hydrogen-bond acceptors (Lipinski definition) is 5. The Hall–Kier alpha value is -1.40. The minimum absolute atomic E-state index is 0.0842. The predicted molar refractivity (Wildman–Crippen MR) is 292 cm³/mol. The van der Waals surface area contributed by atoms with Crippen LogP contribution in [0.4, 0.5) is 0 Å². The molecule has 0 spiro atoms. The van der Waals surface area contributed by atoms with E-state index in [0.29, 0.717) is 19.3 Å². The van der Waals surface area contributed by atoms with Crippen LogP contribution < -0.4 is 5.32 Å². The maximum atomic E-state index is 13.3. The van der Waals surface area contributed by atoms with E-state index < -0.39 is 18.2 Å². The number of allylic oxidation sites excluding steroid dienone is 2. The first-order valence-corrected chi connectivity index (χ1v) is 30.4. The summed E-state index contributed by atoms with van der Waals surface area (Å²) in [6.07, 6.45) is 64.2. The summed E-state index contributed by atoms with van der Waals surface area (Å²) in [6.45, 7) is 6.53. The third-order valence-corrected chi connectivity index (χ3v) is 14.3. The quantitative estimate of drug-likeness (QED) is 0.0321. The van der Waals surface area contributed by atoms with Crippen molar-refractivity contribution in [2.75, 3.05) is 6.61 Å². The van der Waals surface area contributed by atoms with Crippen LogP contribution >= 0.6 is 0 Å². The molecule has 0 aliphatic heterocycles. The largest absolute Gasteiger partial charge is 0.462 e. The number of aliphatic hydroxyl groups excluding tert-OH is 2. The molecule has 6 heteroatoms. The first kappa shape index (κ1) is 65.6. The Balaban J connectivity index is 4.51. The lowest BCUT2D eigenvalue weighted by atomic mass is 10.0. The van der Waals surface area contributed by atoms with Gasteiger partial charge in [-0.1, -0.05) is 290 Å². The maximum Gasteiger partial charge on any atom is 0.306 e. The normalized spacial score (nSPS) is 13.1. The highest BCUT2D eigenvalue weighted by Gasteiger charge is 2.24. The van der Waals surface area contributed by atoms with Gasteiger partial charge >= 0.3 is 5.97 Å². The van der Waals surface area contributed by atoms with Crippen LogP contribution in [0.3, 0.4) is 0 Å². The number of carbonyl (C=O) groups excluding carboxylic acids is 2. The van der Waals surface area contributed by atoms with Gasteiger partial charge in [0.1, 0.15) is 6.10 Å². The third-order valence-electron chi connectivity index (χ3n) is 14.3. The Labute approximate surface area is 419 Å². The van der Waals surface area contributed by atoms with Crippen LogP contribution in [0.15, 0.2) is 12.2 Å². The van der Waals surface area contributed by atoms with Crippen molar-refractivity contribution in [2.45, 2.75) is 360 Å². The van der Waals surface area contributed by atoms with Gasteiger partial charge in [-0.15, -0.1) is 0 Å². The summed E-state index contributed by atoms with van der Waals surface area (Å²) in [7, 11) is 0. The Kier molecular flexibility index (Phi) is 54.4. The second-order valence-electron chi connectivity index (χ2n) is 21.1. The molecule has 0 saturated carbocycles. The number of amides is 1. The maximum absolute atomic E-state index is 13.3. The van der Waals surface area contributed by atoms with Crippen molar-refractivity contribution in [3.63, 3.8) is 0 Å². The molecule has 0 rings (SSSR count). The summed E-state index contributed by atoms with van der Waals surface area (Å²) < 4.78 is 5.98. The fourth-order valence-corrected chi connectivity index (χ4v) is 9.72. The third kappa shape index (κ3) is 50.8. The first-order chi connectivity index (χ1) is 33.0. The highest BCUT2D eigenvalue weighted by Crippen LogP contribution is 2.19. The molecule has 6 nitrogen and oxygen atoms in total. The standard InChI is InChI=1S/C61H119NO5/c1-4-7-10-13-16-19-22-25-28-30-32-34-37-40-43-46-49-52-57(67-61(66)54-51-48-45-42-39-36-33-31-29-26-23-20-17-14-11-8-5-2)55-60(65)62-58(56-63)59(64)53-50-47-44-41-38-35-27-24-21-18-15-12-9-6-3/h26,29,57-59,63-64H,4-25,27-28,30-56H2,1-3H3,(H,62,65)/b29-26+. The lowest BCUT2D eigenvalue weighted by Crippen LogP contribution is -2.46. The fourth-order valence-electron chi connectivity index (χ4n) is 9.72. The molecule has 398 valence electrons. The van der Waals surface area contributed by atoms with Crippen molar-refractivity contribution >= 4 is 11.9 Å². The van der Waals surface area contributed by atoms with Gasteiger partial charge in [0.15, 0.2) is 0 Å². The minimum Gasteiger partial charge on any atom is -0.462 e. The zero-order chi connectivity index (χ0) is 48.8. The van der Waals surface area contributed by atoms with E-state index in [9.17, 15) is 19.8 Å². The van der Waals surface area contributed by atoms with Crippen LogP contribution in [0.2, 0.25) is 0 Å². The smallest absolute Gasteiger partial charge is 0.306 e. The van der Waals surface area contributed by atoms with Gasteiger partial charge in [0.05, 0.1) is 25.2 Å². The summed E-state index contributed by atoms with van der Waals surface area (Å²) in [6, 6.07) is -0.697. The zero-order valence-corrected chi connectivity index (χ0v) is 45.6. The number of esters is 1. The Bertz CT molecular complexity index is 1020. The molecular weight excluding hydrogens is 827 g/mol. The molecule has 0 aliphatic rings. The molecule has 3 N–H and O–H groups in total. The number of hydrogen-bond donors (Lipinski definition) is 3. The molecule has 0 aromatic rings. The average Bonchev–Trinajstić information content (AvgIpc) is 3.32. The van der Waals surface area contributed by atoms with Gasteiger partial charge in [-0.05, 0) is 51.4 Å². The van der Waals surface area contributed by atoms with Crippen molar-refractivity contribution in [3.05, 3.63) is 12.2 Å². The van der Waals surface area contributed by atoms with E-state index in [0.717, 1.165) is 44.9 Å². The van der Waals surface area contributed by atoms with Gasteiger partial charge in [0, 0.05) is 6.42 Å². The summed E-state index contributed by atoms with van der Waals surface area (Å²) in [5.74, 6) is -0.453. The van der Waals surface area contributed by atoms with Crippen molar-refractivity contribution < 1.29 is 24.5 Å². The second kappa shape index (κ2) is 55.5. The fraction of sp³-hybridized carbons (Fsp3) is 0.934. The lowest BCUT2D eigenvalue weighted by Gasteiger charge is -2.24. The van der Waals surface area contributed by atoms with Crippen molar-refractivity contribution in [3.8, 4) is 0 Å². The highest BCUT2D eigenvalue weighted by atomic mass is 16.5.